The predicted molar refractivity (Wildman–Crippen MR) is 91.6 cm³/mol. The van der Waals surface area contributed by atoms with E-state index in [4.69, 9.17) is 19.5 Å². The monoisotopic (exact) mass is 308 g/mol. The molecular weight excluding hydrogens is 276 g/mol. The highest BCUT2D eigenvalue weighted by Gasteiger charge is 2.40. The van der Waals surface area contributed by atoms with Gasteiger partial charge in [0, 0.05) is 0 Å². The summed E-state index contributed by atoms with van der Waals surface area (Å²) in [7, 11) is 0. The van der Waals surface area contributed by atoms with Gasteiger partial charge in [0.1, 0.15) is 19.1 Å². The van der Waals surface area contributed by atoms with Crippen LogP contribution in [-0.2, 0) is 9.47 Å². The Labute approximate surface area is 135 Å². The fourth-order valence-corrected chi connectivity index (χ4v) is 2.69. The standard InChI is InChI=1S/C18H32N2O2/c1-11(2)14(15-19-12(9-21-15)17(3,4)5)16-20-13(10-22-16)18(6,7)8/h11-14H,9-10H2,1-8H3/t12-,13-/m1/s1. The van der Waals surface area contributed by atoms with Crippen LogP contribution in [0.2, 0.25) is 0 Å². The molecule has 0 aliphatic carbocycles. The molecule has 2 rings (SSSR count). The second-order valence-corrected chi connectivity index (χ2v) is 9.04. The second kappa shape index (κ2) is 5.86. The highest BCUT2D eigenvalue weighted by molar-refractivity contribution is 6.01. The van der Waals surface area contributed by atoms with E-state index < -0.39 is 0 Å². The zero-order chi connectivity index (χ0) is 16.7. The number of rotatable bonds is 3. The fraction of sp³-hybridized carbons (Fsp3) is 0.889. The van der Waals surface area contributed by atoms with Crippen molar-refractivity contribution in [2.24, 2.45) is 32.7 Å². The van der Waals surface area contributed by atoms with E-state index in [-0.39, 0.29) is 28.8 Å². The molecule has 22 heavy (non-hydrogen) atoms. The van der Waals surface area contributed by atoms with Crippen LogP contribution in [0.1, 0.15) is 55.4 Å². The van der Waals surface area contributed by atoms with Crippen LogP contribution in [0, 0.1) is 22.7 Å². The number of aliphatic imine (C=N–C) groups is 2. The molecule has 4 heteroatoms. The van der Waals surface area contributed by atoms with Crippen molar-refractivity contribution in [3.8, 4) is 0 Å². The molecule has 0 unspecified atom stereocenters. The van der Waals surface area contributed by atoms with E-state index in [9.17, 15) is 0 Å². The molecule has 2 aliphatic rings. The van der Waals surface area contributed by atoms with Crippen LogP contribution in [0.15, 0.2) is 9.98 Å². The summed E-state index contributed by atoms with van der Waals surface area (Å²) >= 11 is 0. The van der Waals surface area contributed by atoms with Gasteiger partial charge in [0.25, 0.3) is 0 Å². The predicted octanol–water partition coefficient (Wildman–Crippen LogP) is 3.95. The van der Waals surface area contributed by atoms with Crippen molar-refractivity contribution < 1.29 is 9.47 Å². The smallest absolute Gasteiger partial charge is 0.196 e. The first kappa shape index (κ1) is 17.3. The summed E-state index contributed by atoms with van der Waals surface area (Å²) in [6, 6.07) is 0.424. The Hall–Kier alpha value is -1.06. The molecule has 0 aromatic rings. The Morgan fingerprint density at radius 1 is 0.818 bits per heavy atom. The zero-order valence-corrected chi connectivity index (χ0v) is 15.4. The molecule has 0 saturated heterocycles. The summed E-state index contributed by atoms with van der Waals surface area (Å²) in [5.74, 6) is 2.01. The molecule has 0 aromatic heterocycles. The van der Waals surface area contributed by atoms with Crippen molar-refractivity contribution in [1.29, 1.82) is 0 Å². The highest BCUT2D eigenvalue weighted by Crippen LogP contribution is 2.33. The molecule has 0 aromatic carbocycles. The fourth-order valence-electron chi connectivity index (χ4n) is 2.69. The van der Waals surface area contributed by atoms with Gasteiger partial charge in [-0.05, 0) is 16.7 Å². The number of nitrogens with zero attached hydrogens (tertiary/aromatic N) is 2. The molecule has 0 saturated carbocycles. The van der Waals surface area contributed by atoms with E-state index in [2.05, 4.69) is 55.4 Å². The quantitative estimate of drug-likeness (QED) is 0.792. The summed E-state index contributed by atoms with van der Waals surface area (Å²) in [6.45, 7) is 18.9. The van der Waals surface area contributed by atoms with Crippen molar-refractivity contribution in [1.82, 2.24) is 0 Å². The SMILES string of the molecule is CC(C)C(C1=N[C@@H](C(C)(C)C)CO1)C1=N[C@@H](C(C)(C)C)CO1. The maximum atomic E-state index is 5.94. The molecule has 2 heterocycles. The van der Waals surface area contributed by atoms with Crippen molar-refractivity contribution >= 4 is 11.8 Å². The minimum Gasteiger partial charge on any atom is -0.478 e. The molecule has 126 valence electrons. The topological polar surface area (TPSA) is 43.2 Å². The maximum Gasteiger partial charge on any atom is 0.196 e. The molecular formula is C18H32N2O2. The second-order valence-electron chi connectivity index (χ2n) is 9.04. The van der Waals surface area contributed by atoms with Crippen molar-refractivity contribution in [3.05, 3.63) is 0 Å². The Balaban J connectivity index is 2.23. The van der Waals surface area contributed by atoms with Crippen LogP contribution in [0.4, 0.5) is 0 Å². The van der Waals surface area contributed by atoms with Crippen LogP contribution < -0.4 is 0 Å². The van der Waals surface area contributed by atoms with E-state index >= 15 is 0 Å². The molecule has 0 spiro atoms. The lowest BCUT2D eigenvalue weighted by Gasteiger charge is -2.22. The summed E-state index contributed by atoms with van der Waals surface area (Å²) in [4.78, 5) is 9.69. The Morgan fingerprint density at radius 3 is 1.41 bits per heavy atom. The van der Waals surface area contributed by atoms with Crippen LogP contribution in [0.3, 0.4) is 0 Å². The third-order valence-corrected chi connectivity index (χ3v) is 4.54. The average Bonchev–Trinajstić information content (AvgIpc) is 2.95. The van der Waals surface area contributed by atoms with Gasteiger partial charge in [-0.15, -0.1) is 0 Å². The van der Waals surface area contributed by atoms with Gasteiger partial charge in [-0.2, -0.15) is 0 Å². The normalized spacial score (nSPS) is 26.1. The Bertz CT molecular complexity index is 426. The van der Waals surface area contributed by atoms with Crippen LogP contribution in [0.5, 0.6) is 0 Å². The number of hydrogen-bond donors (Lipinski definition) is 0. The molecule has 0 N–H and O–H groups in total. The van der Waals surface area contributed by atoms with E-state index in [0.29, 0.717) is 19.1 Å². The first-order chi connectivity index (χ1) is 10.00. The van der Waals surface area contributed by atoms with Crippen LogP contribution in [-0.4, -0.2) is 37.1 Å². The summed E-state index contributed by atoms with van der Waals surface area (Å²) in [5.41, 5.74) is 0.241. The molecule has 2 aliphatic heterocycles. The van der Waals surface area contributed by atoms with Gasteiger partial charge in [0.05, 0.1) is 12.1 Å². The molecule has 0 amide bonds. The number of hydrogen-bond acceptors (Lipinski definition) is 4. The lowest BCUT2D eigenvalue weighted by molar-refractivity contribution is 0.217. The molecule has 0 radical (unpaired) electrons. The average molecular weight is 308 g/mol. The highest BCUT2D eigenvalue weighted by atomic mass is 16.5. The Kier molecular flexibility index (Phi) is 4.61. The third kappa shape index (κ3) is 3.64. The number of ether oxygens (including phenoxy) is 2. The molecule has 0 fully saturated rings. The van der Waals surface area contributed by atoms with Crippen LogP contribution >= 0.6 is 0 Å². The van der Waals surface area contributed by atoms with Crippen molar-refractivity contribution in [2.75, 3.05) is 13.2 Å². The third-order valence-electron chi connectivity index (χ3n) is 4.54. The Morgan fingerprint density at radius 2 is 1.18 bits per heavy atom. The molecule has 4 nitrogen and oxygen atoms in total. The zero-order valence-electron chi connectivity index (χ0n) is 15.4. The van der Waals surface area contributed by atoms with Gasteiger partial charge in [0.15, 0.2) is 11.8 Å². The van der Waals surface area contributed by atoms with Crippen LogP contribution in [0.25, 0.3) is 0 Å². The van der Waals surface area contributed by atoms with Gasteiger partial charge in [-0.1, -0.05) is 55.4 Å². The van der Waals surface area contributed by atoms with Crippen molar-refractivity contribution in [2.45, 2.75) is 67.5 Å². The van der Waals surface area contributed by atoms with E-state index in [1.165, 1.54) is 0 Å². The lowest BCUT2D eigenvalue weighted by atomic mass is 9.88. The summed E-state index contributed by atoms with van der Waals surface area (Å²) < 4.78 is 11.9. The lowest BCUT2D eigenvalue weighted by Crippen LogP contribution is -2.29. The molecule has 0 bridgehead atoms. The van der Waals surface area contributed by atoms with Gasteiger partial charge in [-0.25, -0.2) is 9.98 Å². The molecule has 2 atom stereocenters. The van der Waals surface area contributed by atoms with Gasteiger partial charge < -0.3 is 9.47 Å². The first-order valence-electron chi connectivity index (χ1n) is 8.41. The first-order valence-corrected chi connectivity index (χ1v) is 8.41. The minimum atomic E-state index is 0.0414. The minimum absolute atomic E-state index is 0.0414. The van der Waals surface area contributed by atoms with Gasteiger partial charge in [0.2, 0.25) is 0 Å². The van der Waals surface area contributed by atoms with Crippen molar-refractivity contribution in [3.63, 3.8) is 0 Å². The van der Waals surface area contributed by atoms with E-state index in [1.807, 2.05) is 0 Å². The maximum absolute atomic E-state index is 5.94. The largest absolute Gasteiger partial charge is 0.478 e. The summed E-state index contributed by atoms with van der Waals surface area (Å²) in [5, 5.41) is 0. The van der Waals surface area contributed by atoms with E-state index in [1.54, 1.807) is 0 Å². The van der Waals surface area contributed by atoms with E-state index in [0.717, 1.165) is 11.8 Å². The van der Waals surface area contributed by atoms with Gasteiger partial charge >= 0.3 is 0 Å². The summed E-state index contributed by atoms with van der Waals surface area (Å²) in [6.07, 6.45) is 0. The van der Waals surface area contributed by atoms with Gasteiger partial charge in [-0.3, -0.25) is 0 Å².